The van der Waals surface area contributed by atoms with Crippen molar-refractivity contribution in [2.75, 3.05) is 52.5 Å². The second kappa shape index (κ2) is 14.2. The first-order valence-electron chi connectivity index (χ1n) is 9.72. The summed E-state index contributed by atoms with van der Waals surface area (Å²) in [5, 5.41) is 6.77. The molecule has 2 rings (SSSR count). The maximum Gasteiger partial charge on any atom is 0.191 e. The molecule has 1 saturated heterocycles. The summed E-state index contributed by atoms with van der Waals surface area (Å²) in [5.41, 5.74) is 2.76. The fraction of sp³-hybridized carbons (Fsp3) is 0.650. The van der Waals surface area contributed by atoms with Crippen molar-refractivity contribution in [3.8, 4) is 0 Å². The number of nitrogens with one attached hydrogen (secondary N) is 2. The maximum atomic E-state index is 5.38. The van der Waals surface area contributed by atoms with E-state index in [1.807, 2.05) is 0 Å². The zero-order valence-corrected chi connectivity index (χ0v) is 18.6. The highest BCUT2D eigenvalue weighted by atomic mass is 127. The van der Waals surface area contributed by atoms with Crippen molar-refractivity contribution >= 4 is 29.9 Å². The molecule has 0 aromatic heterocycles. The van der Waals surface area contributed by atoms with Crippen LogP contribution in [0.3, 0.4) is 0 Å². The molecule has 0 atom stereocenters. The maximum absolute atomic E-state index is 5.38. The van der Waals surface area contributed by atoms with Gasteiger partial charge in [0.15, 0.2) is 5.96 Å². The SMILES string of the molecule is CCNC(=NCCCN1CCOCC1)NCCc1ccc(CC)cc1.I. The molecule has 0 saturated carbocycles. The monoisotopic (exact) mass is 474 g/mol. The summed E-state index contributed by atoms with van der Waals surface area (Å²) < 4.78 is 5.38. The van der Waals surface area contributed by atoms with E-state index in [1.165, 1.54) is 11.1 Å². The molecule has 1 aliphatic heterocycles. The quantitative estimate of drug-likeness (QED) is 0.250. The van der Waals surface area contributed by atoms with Gasteiger partial charge in [0.25, 0.3) is 0 Å². The lowest BCUT2D eigenvalue weighted by atomic mass is 10.1. The number of hydrogen-bond donors (Lipinski definition) is 2. The third kappa shape index (κ3) is 9.19. The van der Waals surface area contributed by atoms with Crippen molar-refractivity contribution in [2.45, 2.75) is 33.1 Å². The predicted octanol–water partition coefficient (Wildman–Crippen LogP) is 2.69. The number of aryl methyl sites for hydroxylation is 1. The molecule has 1 heterocycles. The molecule has 0 bridgehead atoms. The van der Waals surface area contributed by atoms with Crippen molar-refractivity contribution < 1.29 is 4.74 Å². The normalized spacial score (nSPS) is 15.4. The zero-order chi connectivity index (χ0) is 17.7. The Balaban J connectivity index is 0.00000338. The molecule has 0 amide bonds. The van der Waals surface area contributed by atoms with E-state index in [2.05, 4.69) is 53.6 Å². The molecule has 6 heteroatoms. The summed E-state index contributed by atoms with van der Waals surface area (Å²) in [5.74, 6) is 0.926. The van der Waals surface area contributed by atoms with Gasteiger partial charge < -0.3 is 15.4 Å². The van der Waals surface area contributed by atoms with E-state index in [0.29, 0.717) is 0 Å². The molecule has 1 aromatic rings. The van der Waals surface area contributed by atoms with Crippen LogP contribution in [0.5, 0.6) is 0 Å². The Morgan fingerprint density at radius 3 is 2.42 bits per heavy atom. The van der Waals surface area contributed by atoms with E-state index in [4.69, 9.17) is 9.73 Å². The van der Waals surface area contributed by atoms with Crippen molar-refractivity contribution in [3.05, 3.63) is 35.4 Å². The van der Waals surface area contributed by atoms with Crippen LogP contribution < -0.4 is 10.6 Å². The molecule has 0 radical (unpaired) electrons. The van der Waals surface area contributed by atoms with E-state index >= 15 is 0 Å². The third-order valence-corrected chi connectivity index (χ3v) is 4.49. The minimum absolute atomic E-state index is 0. The molecule has 1 aliphatic rings. The van der Waals surface area contributed by atoms with Crippen LogP contribution in [0, 0.1) is 0 Å². The van der Waals surface area contributed by atoms with Crippen molar-refractivity contribution in [1.82, 2.24) is 15.5 Å². The number of morpholine rings is 1. The van der Waals surface area contributed by atoms with Gasteiger partial charge in [0, 0.05) is 39.3 Å². The van der Waals surface area contributed by atoms with Gasteiger partial charge in [-0.1, -0.05) is 31.2 Å². The van der Waals surface area contributed by atoms with E-state index in [1.54, 1.807) is 0 Å². The van der Waals surface area contributed by atoms with Crippen LogP contribution in [0.1, 0.15) is 31.4 Å². The Kier molecular flexibility index (Phi) is 12.7. The molecule has 26 heavy (non-hydrogen) atoms. The predicted molar refractivity (Wildman–Crippen MR) is 121 cm³/mol. The summed E-state index contributed by atoms with van der Waals surface area (Å²) in [6.45, 7) is 11.9. The molecule has 0 spiro atoms. The fourth-order valence-corrected chi connectivity index (χ4v) is 2.92. The average molecular weight is 474 g/mol. The van der Waals surface area contributed by atoms with Crippen LogP contribution in [0.4, 0.5) is 0 Å². The molecule has 1 fully saturated rings. The topological polar surface area (TPSA) is 48.9 Å². The van der Waals surface area contributed by atoms with Gasteiger partial charge in [0.1, 0.15) is 0 Å². The molecule has 0 aliphatic carbocycles. The van der Waals surface area contributed by atoms with Gasteiger partial charge in [0.2, 0.25) is 0 Å². The first kappa shape index (κ1) is 23.2. The first-order chi connectivity index (χ1) is 12.3. The van der Waals surface area contributed by atoms with Gasteiger partial charge in [0.05, 0.1) is 13.2 Å². The lowest BCUT2D eigenvalue weighted by molar-refractivity contribution is 0.0377. The van der Waals surface area contributed by atoms with Crippen LogP contribution in [0.25, 0.3) is 0 Å². The highest BCUT2D eigenvalue weighted by Gasteiger charge is 2.09. The molecular weight excluding hydrogens is 439 g/mol. The van der Waals surface area contributed by atoms with Gasteiger partial charge in [-0.25, -0.2) is 0 Å². The Morgan fingerprint density at radius 1 is 1.08 bits per heavy atom. The first-order valence-corrected chi connectivity index (χ1v) is 9.72. The van der Waals surface area contributed by atoms with Crippen LogP contribution in [0.15, 0.2) is 29.3 Å². The van der Waals surface area contributed by atoms with Crippen molar-refractivity contribution in [1.29, 1.82) is 0 Å². The standard InChI is InChI=1S/C20H34N4O.HI/c1-3-18-6-8-19(9-7-18)10-12-23-20(21-4-2)22-11-5-13-24-14-16-25-17-15-24;/h6-9H,3-5,10-17H2,1-2H3,(H2,21,22,23);1H. The van der Waals surface area contributed by atoms with Crippen LogP contribution in [-0.4, -0.2) is 63.3 Å². The number of aliphatic imine (C=N–C) groups is 1. The Labute approximate surface area is 176 Å². The molecule has 0 unspecified atom stereocenters. The van der Waals surface area contributed by atoms with Gasteiger partial charge in [-0.15, -0.1) is 24.0 Å². The van der Waals surface area contributed by atoms with Crippen LogP contribution in [-0.2, 0) is 17.6 Å². The molecule has 5 nitrogen and oxygen atoms in total. The highest BCUT2D eigenvalue weighted by molar-refractivity contribution is 14.0. The fourth-order valence-electron chi connectivity index (χ4n) is 2.92. The average Bonchev–Trinajstić information content (AvgIpc) is 2.66. The number of rotatable bonds is 9. The highest BCUT2D eigenvalue weighted by Crippen LogP contribution is 2.05. The zero-order valence-electron chi connectivity index (χ0n) is 16.3. The smallest absolute Gasteiger partial charge is 0.191 e. The summed E-state index contributed by atoms with van der Waals surface area (Å²) in [4.78, 5) is 7.15. The minimum atomic E-state index is 0. The largest absolute Gasteiger partial charge is 0.379 e. The van der Waals surface area contributed by atoms with E-state index in [9.17, 15) is 0 Å². The number of halogens is 1. The molecule has 148 valence electrons. The minimum Gasteiger partial charge on any atom is -0.379 e. The van der Waals surface area contributed by atoms with Gasteiger partial charge in [-0.2, -0.15) is 0 Å². The summed E-state index contributed by atoms with van der Waals surface area (Å²) in [7, 11) is 0. The van der Waals surface area contributed by atoms with E-state index in [0.717, 1.165) is 77.7 Å². The van der Waals surface area contributed by atoms with Crippen molar-refractivity contribution in [2.24, 2.45) is 4.99 Å². The van der Waals surface area contributed by atoms with E-state index < -0.39 is 0 Å². The number of nitrogens with zero attached hydrogens (tertiary/aromatic N) is 2. The molecule has 1 aromatic carbocycles. The van der Waals surface area contributed by atoms with E-state index in [-0.39, 0.29) is 24.0 Å². The Morgan fingerprint density at radius 2 is 1.77 bits per heavy atom. The number of benzene rings is 1. The number of hydrogen-bond acceptors (Lipinski definition) is 3. The van der Waals surface area contributed by atoms with Gasteiger partial charge in [-0.05, 0) is 37.3 Å². The Hall–Kier alpha value is -0.860. The van der Waals surface area contributed by atoms with Crippen molar-refractivity contribution in [3.63, 3.8) is 0 Å². The summed E-state index contributed by atoms with van der Waals surface area (Å²) in [6, 6.07) is 8.90. The lowest BCUT2D eigenvalue weighted by Crippen LogP contribution is -2.39. The summed E-state index contributed by atoms with van der Waals surface area (Å²) >= 11 is 0. The molecular formula is C20H35IN4O. The number of ether oxygens (including phenoxy) is 1. The second-order valence-electron chi connectivity index (χ2n) is 6.42. The molecule has 2 N–H and O–H groups in total. The third-order valence-electron chi connectivity index (χ3n) is 4.49. The Bertz CT molecular complexity index is 501. The number of guanidine groups is 1. The lowest BCUT2D eigenvalue weighted by Gasteiger charge is -2.26. The van der Waals surface area contributed by atoms with Crippen LogP contribution >= 0.6 is 24.0 Å². The van der Waals surface area contributed by atoms with Gasteiger partial charge >= 0.3 is 0 Å². The second-order valence-corrected chi connectivity index (χ2v) is 6.42. The van der Waals surface area contributed by atoms with Crippen LogP contribution in [0.2, 0.25) is 0 Å². The summed E-state index contributed by atoms with van der Waals surface area (Å²) in [6.07, 6.45) is 3.21. The van der Waals surface area contributed by atoms with Gasteiger partial charge in [-0.3, -0.25) is 9.89 Å².